The molecule has 0 unspecified atom stereocenters. The van der Waals surface area contributed by atoms with Gasteiger partial charge in [0.1, 0.15) is 5.69 Å². The summed E-state index contributed by atoms with van der Waals surface area (Å²) in [4.78, 5) is 13.0. The SMILES string of the molecule is CCN1CCC(Nc2cc(Cl)c(Cl)cc2[N+](=O)[O-])CC1. The van der Waals surface area contributed by atoms with Crippen molar-refractivity contribution in [2.24, 2.45) is 0 Å². The second kappa shape index (κ2) is 6.61. The highest BCUT2D eigenvalue weighted by molar-refractivity contribution is 6.42. The predicted molar refractivity (Wildman–Crippen MR) is 81.9 cm³/mol. The van der Waals surface area contributed by atoms with Crippen LogP contribution in [0, 0.1) is 10.1 Å². The second-order valence-electron chi connectivity index (χ2n) is 4.89. The van der Waals surface area contributed by atoms with Crippen LogP contribution in [0.15, 0.2) is 12.1 Å². The lowest BCUT2D eigenvalue weighted by Crippen LogP contribution is -2.38. The van der Waals surface area contributed by atoms with Gasteiger partial charge in [0.05, 0.1) is 15.0 Å². The predicted octanol–water partition coefficient (Wildman–Crippen LogP) is 3.80. The van der Waals surface area contributed by atoms with E-state index in [-0.39, 0.29) is 16.8 Å². The summed E-state index contributed by atoms with van der Waals surface area (Å²) in [5, 5.41) is 14.8. The van der Waals surface area contributed by atoms with Crippen molar-refractivity contribution in [3.05, 3.63) is 32.3 Å². The largest absolute Gasteiger partial charge is 0.377 e. The molecule has 0 aliphatic carbocycles. The van der Waals surface area contributed by atoms with Gasteiger partial charge in [0.15, 0.2) is 0 Å². The summed E-state index contributed by atoms with van der Waals surface area (Å²) in [5.41, 5.74) is 0.414. The van der Waals surface area contributed by atoms with E-state index in [4.69, 9.17) is 23.2 Å². The van der Waals surface area contributed by atoms with Crippen LogP contribution in [0.3, 0.4) is 0 Å². The molecule has 0 spiro atoms. The van der Waals surface area contributed by atoms with Crippen molar-refractivity contribution in [2.45, 2.75) is 25.8 Å². The van der Waals surface area contributed by atoms with Crippen LogP contribution in [0.2, 0.25) is 10.0 Å². The van der Waals surface area contributed by atoms with Crippen molar-refractivity contribution in [1.29, 1.82) is 0 Å². The summed E-state index contributed by atoms with van der Waals surface area (Å²) in [6.07, 6.45) is 1.93. The lowest BCUT2D eigenvalue weighted by Gasteiger charge is -2.31. The van der Waals surface area contributed by atoms with Gasteiger partial charge in [-0.25, -0.2) is 0 Å². The Balaban J connectivity index is 2.13. The maximum atomic E-state index is 11.1. The van der Waals surface area contributed by atoms with Crippen LogP contribution in [-0.4, -0.2) is 35.5 Å². The summed E-state index contributed by atoms with van der Waals surface area (Å²) >= 11 is 11.8. The molecule has 1 aromatic rings. The van der Waals surface area contributed by atoms with Gasteiger partial charge in [0.2, 0.25) is 0 Å². The van der Waals surface area contributed by atoms with E-state index in [2.05, 4.69) is 17.1 Å². The van der Waals surface area contributed by atoms with Crippen molar-refractivity contribution in [3.63, 3.8) is 0 Å². The molecule has 1 fully saturated rings. The van der Waals surface area contributed by atoms with Crippen LogP contribution >= 0.6 is 23.2 Å². The van der Waals surface area contributed by atoms with Crippen molar-refractivity contribution >= 4 is 34.6 Å². The van der Waals surface area contributed by atoms with E-state index >= 15 is 0 Å². The zero-order valence-corrected chi connectivity index (χ0v) is 12.7. The molecule has 20 heavy (non-hydrogen) atoms. The molecule has 0 bridgehead atoms. The molecule has 1 aliphatic heterocycles. The first-order chi connectivity index (χ1) is 9.51. The van der Waals surface area contributed by atoms with Gasteiger partial charge >= 0.3 is 0 Å². The number of likely N-dealkylation sites (tertiary alicyclic amines) is 1. The quantitative estimate of drug-likeness (QED) is 0.678. The van der Waals surface area contributed by atoms with E-state index in [9.17, 15) is 10.1 Å². The fourth-order valence-electron chi connectivity index (χ4n) is 2.42. The van der Waals surface area contributed by atoms with Crippen molar-refractivity contribution in [3.8, 4) is 0 Å². The molecule has 1 aliphatic rings. The topological polar surface area (TPSA) is 58.4 Å². The Bertz CT molecular complexity index is 503. The zero-order valence-electron chi connectivity index (χ0n) is 11.2. The third-order valence-electron chi connectivity index (χ3n) is 3.63. The summed E-state index contributed by atoms with van der Waals surface area (Å²) in [5.74, 6) is 0. The third kappa shape index (κ3) is 3.53. The van der Waals surface area contributed by atoms with Gasteiger partial charge in [0.25, 0.3) is 5.69 Å². The number of nitrogens with one attached hydrogen (secondary N) is 1. The van der Waals surface area contributed by atoms with Gasteiger partial charge in [0, 0.05) is 25.2 Å². The molecular weight excluding hydrogens is 301 g/mol. The highest BCUT2D eigenvalue weighted by Gasteiger charge is 2.22. The molecule has 1 aromatic carbocycles. The number of anilines is 1. The van der Waals surface area contributed by atoms with Gasteiger partial charge in [-0.05, 0) is 25.5 Å². The number of nitrogens with zero attached hydrogens (tertiary/aromatic N) is 2. The highest BCUT2D eigenvalue weighted by atomic mass is 35.5. The first-order valence-electron chi connectivity index (χ1n) is 6.63. The van der Waals surface area contributed by atoms with Crippen LogP contribution in [-0.2, 0) is 0 Å². The number of rotatable bonds is 4. The van der Waals surface area contributed by atoms with Gasteiger partial charge in [-0.15, -0.1) is 0 Å². The minimum Gasteiger partial charge on any atom is -0.377 e. The van der Waals surface area contributed by atoms with E-state index < -0.39 is 4.92 Å². The van der Waals surface area contributed by atoms with E-state index in [0.29, 0.717) is 10.7 Å². The van der Waals surface area contributed by atoms with Crippen LogP contribution in [0.25, 0.3) is 0 Å². The number of hydrogen-bond donors (Lipinski definition) is 1. The Labute approximate surface area is 128 Å². The van der Waals surface area contributed by atoms with Crippen molar-refractivity contribution in [1.82, 2.24) is 4.90 Å². The molecule has 0 radical (unpaired) electrons. The van der Waals surface area contributed by atoms with E-state index in [1.54, 1.807) is 0 Å². The number of nitro benzene ring substituents is 1. The lowest BCUT2D eigenvalue weighted by atomic mass is 10.0. The van der Waals surface area contributed by atoms with Crippen LogP contribution < -0.4 is 5.32 Å². The molecule has 5 nitrogen and oxygen atoms in total. The summed E-state index contributed by atoms with van der Waals surface area (Å²) in [6.45, 7) is 5.18. The number of benzene rings is 1. The van der Waals surface area contributed by atoms with Crippen LogP contribution in [0.1, 0.15) is 19.8 Å². The van der Waals surface area contributed by atoms with Gasteiger partial charge in [-0.2, -0.15) is 0 Å². The van der Waals surface area contributed by atoms with E-state index in [0.717, 1.165) is 32.5 Å². The maximum absolute atomic E-state index is 11.1. The highest BCUT2D eigenvalue weighted by Crippen LogP contribution is 2.35. The number of nitro groups is 1. The smallest absolute Gasteiger partial charge is 0.293 e. The minimum atomic E-state index is -0.439. The van der Waals surface area contributed by atoms with Gasteiger partial charge in [-0.3, -0.25) is 10.1 Å². The molecule has 110 valence electrons. The number of halogens is 2. The Kier molecular flexibility index (Phi) is 5.07. The Morgan fingerprint density at radius 3 is 2.50 bits per heavy atom. The monoisotopic (exact) mass is 317 g/mol. The molecule has 1 heterocycles. The number of piperidine rings is 1. The normalized spacial score (nSPS) is 17.1. The first-order valence-corrected chi connectivity index (χ1v) is 7.39. The molecule has 0 saturated carbocycles. The van der Waals surface area contributed by atoms with Crippen LogP contribution in [0.5, 0.6) is 0 Å². The molecule has 1 saturated heterocycles. The summed E-state index contributed by atoms with van der Waals surface area (Å²) < 4.78 is 0. The molecule has 2 rings (SSSR count). The zero-order chi connectivity index (χ0) is 14.7. The minimum absolute atomic E-state index is 0.0303. The number of hydrogen-bond acceptors (Lipinski definition) is 4. The van der Waals surface area contributed by atoms with Gasteiger partial charge < -0.3 is 10.2 Å². The molecule has 7 heteroatoms. The molecule has 0 atom stereocenters. The fourth-order valence-corrected chi connectivity index (χ4v) is 2.74. The second-order valence-corrected chi connectivity index (χ2v) is 5.71. The first kappa shape index (κ1) is 15.4. The Hall–Kier alpha value is -1.04. The van der Waals surface area contributed by atoms with E-state index in [1.165, 1.54) is 12.1 Å². The van der Waals surface area contributed by atoms with Gasteiger partial charge in [-0.1, -0.05) is 30.1 Å². The molecule has 0 amide bonds. The third-order valence-corrected chi connectivity index (χ3v) is 4.35. The molecule has 0 aromatic heterocycles. The van der Waals surface area contributed by atoms with E-state index in [1.807, 2.05) is 0 Å². The Morgan fingerprint density at radius 1 is 1.35 bits per heavy atom. The summed E-state index contributed by atoms with van der Waals surface area (Å²) in [7, 11) is 0. The average molecular weight is 318 g/mol. The van der Waals surface area contributed by atoms with Crippen LogP contribution in [0.4, 0.5) is 11.4 Å². The molecular formula is C13H17Cl2N3O2. The Morgan fingerprint density at radius 2 is 1.95 bits per heavy atom. The van der Waals surface area contributed by atoms with Crippen molar-refractivity contribution in [2.75, 3.05) is 25.0 Å². The standard InChI is InChI=1S/C13H17Cl2N3O2/c1-2-17-5-3-9(4-6-17)16-12-7-10(14)11(15)8-13(12)18(19)20/h7-9,16H,2-6H2,1H3. The molecule has 1 N–H and O–H groups in total. The average Bonchev–Trinajstić information content (AvgIpc) is 2.43. The van der Waals surface area contributed by atoms with Crippen molar-refractivity contribution < 1.29 is 4.92 Å². The lowest BCUT2D eigenvalue weighted by molar-refractivity contribution is -0.384. The maximum Gasteiger partial charge on any atom is 0.293 e. The fraction of sp³-hybridized carbons (Fsp3) is 0.538. The summed E-state index contributed by atoms with van der Waals surface area (Å²) in [6, 6.07) is 3.07.